The van der Waals surface area contributed by atoms with E-state index in [9.17, 15) is 14.7 Å². The minimum atomic E-state index is -1.08. The van der Waals surface area contributed by atoms with Gasteiger partial charge >= 0.3 is 5.91 Å². The number of carbonyl (C=O) groups excluding carboxylic acids is 2. The molecule has 1 aliphatic rings. The Kier molecular flexibility index (Phi) is 9.67. The number of aromatic nitrogens is 2. The van der Waals surface area contributed by atoms with E-state index in [2.05, 4.69) is 10.2 Å². The summed E-state index contributed by atoms with van der Waals surface area (Å²) in [5.74, 6) is -1.01. The first-order chi connectivity index (χ1) is 20.2. The van der Waals surface area contributed by atoms with Gasteiger partial charge in [-0.05, 0) is 66.1 Å². The van der Waals surface area contributed by atoms with Crippen LogP contribution in [0.1, 0.15) is 36.1 Å². The van der Waals surface area contributed by atoms with Crippen LogP contribution in [0.4, 0.5) is 5.13 Å². The molecule has 0 aliphatic carbocycles. The van der Waals surface area contributed by atoms with Crippen LogP contribution in [0.2, 0.25) is 20.1 Å². The quantitative estimate of drug-likeness (QED) is 0.0621. The zero-order valence-corrected chi connectivity index (χ0v) is 26.5. The van der Waals surface area contributed by atoms with Crippen molar-refractivity contribution in [3.63, 3.8) is 0 Å². The maximum Gasteiger partial charge on any atom is 0.301 e. The third kappa shape index (κ3) is 6.41. The molecule has 42 heavy (non-hydrogen) atoms. The molecular weight excluding hydrogens is 660 g/mol. The topological polar surface area (TPSA) is 92.6 Å². The van der Waals surface area contributed by atoms with Crippen molar-refractivity contribution in [2.75, 3.05) is 11.5 Å². The molecule has 1 N–H and O–H groups in total. The number of carbonyl (C=O) groups is 2. The van der Waals surface area contributed by atoms with Gasteiger partial charge in [0.25, 0.3) is 5.78 Å². The van der Waals surface area contributed by atoms with Crippen LogP contribution in [0, 0.1) is 0 Å². The van der Waals surface area contributed by atoms with Crippen LogP contribution in [-0.2, 0) is 15.3 Å². The van der Waals surface area contributed by atoms with Crippen LogP contribution in [0.15, 0.2) is 70.6 Å². The number of thioether (sulfide) groups is 1. The van der Waals surface area contributed by atoms with Gasteiger partial charge in [0.15, 0.2) is 4.34 Å². The zero-order valence-electron chi connectivity index (χ0n) is 21.8. The van der Waals surface area contributed by atoms with Gasteiger partial charge in [0, 0.05) is 31.4 Å². The van der Waals surface area contributed by atoms with Gasteiger partial charge < -0.3 is 9.84 Å². The summed E-state index contributed by atoms with van der Waals surface area (Å²) in [6.45, 7) is 2.54. The van der Waals surface area contributed by atoms with Crippen LogP contribution in [0.3, 0.4) is 0 Å². The number of hydrogen-bond donors (Lipinski definition) is 1. The fourth-order valence-electron chi connectivity index (χ4n) is 4.27. The molecule has 4 aromatic rings. The molecule has 1 aromatic heterocycles. The van der Waals surface area contributed by atoms with Crippen LogP contribution in [0.25, 0.3) is 5.76 Å². The summed E-state index contributed by atoms with van der Waals surface area (Å²) in [6, 6.07) is 15.5. The lowest BCUT2D eigenvalue weighted by Crippen LogP contribution is -2.29. The third-order valence-corrected chi connectivity index (χ3v) is 9.52. The average molecular weight is 681 g/mol. The molecule has 0 spiro atoms. The van der Waals surface area contributed by atoms with E-state index in [1.165, 1.54) is 22.7 Å². The number of ketones is 1. The Morgan fingerprint density at radius 1 is 0.976 bits per heavy atom. The number of anilines is 1. The normalized spacial score (nSPS) is 16.3. The summed E-state index contributed by atoms with van der Waals surface area (Å²) in [5, 5.41) is 21.6. The lowest BCUT2D eigenvalue weighted by atomic mass is 9.95. The van der Waals surface area contributed by atoms with Gasteiger partial charge in [-0.2, -0.15) is 0 Å². The second kappa shape index (κ2) is 13.2. The lowest BCUT2D eigenvalue weighted by Gasteiger charge is -2.23. The number of halogens is 4. The predicted molar refractivity (Wildman–Crippen MR) is 169 cm³/mol. The van der Waals surface area contributed by atoms with E-state index >= 15 is 0 Å². The average Bonchev–Trinajstić information content (AvgIpc) is 3.53. The summed E-state index contributed by atoms with van der Waals surface area (Å²) in [4.78, 5) is 28.2. The molecule has 2 heterocycles. The Balaban J connectivity index is 1.53. The number of amides is 1. The minimum absolute atomic E-state index is 0.135. The number of ether oxygens (including phenoxy) is 1. The molecule has 1 aliphatic heterocycles. The van der Waals surface area contributed by atoms with Crippen LogP contribution in [-0.4, -0.2) is 33.6 Å². The van der Waals surface area contributed by atoms with Gasteiger partial charge in [-0.15, -0.1) is 10.2 Å². The molecule has 1 saturated heterocycles. The minimum Gasteiger partial charge on any atom is -0.507 e. The molecule has 1 atom stereocenters. The number of aliphatic hydroxyl groups is 1. The largest absolute Gasteiger partial charge is 0.507 e. The SMILES string of the molecule is CCCOc1ccc(/C(O)=C2/C(=O)C(=O)N(c3nnc(SCc4ccc(Cl)cc4Cl)s3)C2c2ccc(Cl)cc2Cl)cc1. The molecule has 13 heteroatoms. The molecule has 0 bridgehead atoms. The molecule has 0 saturated carbocycles. The maximum absolute atomic E-state index is 13.5. The molecule has 3 aromatic carbocycles. The van der Waals surface area contributed by atoms with Gasteiger partial charge in [0.1, 0.15) is 11.5 Å². The van der Waals surface area contributed by atoms with Gasteiger partial charge in [-0.3, -0.25) is 14.5 Å². The number of benzene rings is 3. The van der Waals surface area contributed by atoms with Crippen LogP contribution < -0.4 is 9.64 Å². The molecule has 216 valence electrons. The van der Waals surface area contributed by atoms with E-state index < -0.39 is 17.7 Å². The Hall–Kier alpha value is -2.79. The third-order valence-electron chi connectivity index (χ3n) is 6.27. The zero-order chi connectivity index (χ0) is 30.0. The first-order valence-electron chi connectivity index (χ1n) is 12.6. The number of Topliss-reactive ketones (excluding diaryl/α,β-unsaturated/α-hetero) is 1. The van der Waals surface area contributed by atoms with Crippen molar-refractivity contribution >= 4 is 92.1 Å². The highest BCUT2D eigenvalue weighted by Crippen LogP contribution is 2.46. The van der Waals surface area contributed by atoms with E-state index in [-0.39, 0.29) is 21.5 Å². The second-order valence-electron chi connectivity index (χ2n) is 9.08. The number of rotatable bonds is 9. The van der Waals surface area contributed by atoms with Crippen molar-refractivity contribution in [3.05, 3.63) is 103 Å². The van der Waals surface area contributed by atoms with Crippen LogP contribution >= 0.6 is 69.5 Å². The fraction of sp³-hybridized carbons (Fsp3) is 0.172. The van der Waals surface area contributed by atoms with Crippen molar-refractivity contribution < 1.29 is 19.4 Å². The Morgan fingerprint density at radius 2 is 1.67 bits per heavy atom. The van der Waals surface area contributed by atoms with E-state index in [4.69, 9.17) is 51.1 Å². The first-order valence-corrected chi connectivity index (χ1v) is 15.9. The van der Waals surface area contributed by atoms with Crippen molar-refractivity contribution in [1.82, 2.24) is 10.2 Å². The number of aliphatic hydroxyl groups excluding tert-OH is 1. The first kappa shape index (κ1) is 30.7. The predicted octanol–water partition coefficient (Wildman–Crippen LogP) is 8.86. The summed E-state index contributed by atoms with van der Waals surface area (Å²) >= 11 is 27.5. The molecule has 1 amide bonds. The lowest BCUT2D eigenvalue weighted by molar-refractivity contribution is -0.132. The molecule has 5 rings (SSSR count). The van der Waals surface area contributed by atoms with Gasteiger partial charge in [0.05, 0.1) is 18.2 Å². The molecule has 1 unspecified atom stereocenters. The Morgan fingerprint density at radius 3 is 2.33 bits per heavy atom. The molecule has 1 fully saturated rings. The molecular formula is C29H21Cl4N3O4S2. The van der Waals surface area contributed by atoms with Crippen molar-refractivity contribution in [3.8, 4) is 5.75 Å². The Bertz CT molecular complexity index is 1690. The van der Waals surface area contributed by atoms with E-state index in [1.54, 1.807) is 48.5 Å². The highest BCUT2D eigenvalue weighted by molar-refractivity contribution is 8.00. The summed E-state index contributed by atoms with van der Waals surface area (Å²) in [6.07, 6.45) is 0.841. The van der Waals surface area contributed by atoms with Gasteiger partial charge in [-0.25, -0.2) is 0 Å². The molecule has 0 radical (unpaired) electrons. The fourth-order valence-corrected chi connectivity index (χ4v) is 7.21. The highest BCUT2D eigenvalue weighted by atomic mass is 35.5. The second-order valence-corrected chi connectivity index (χ2v) is 12.9. The van der Waals surface area contributed by atoms with Crippen molar-refractivity contribution in [2.24, 2.45) is 0 Å². The van der Waals surface area contributed by atoms with Crippen LogP contribution in [0.5, 0.6) is 5.75 Å². The van der Waals surface area contributed by atoms with E-state index in [1.807, 2.05) is 13.0 Å². The molecule has 7 nitrogen and oxygen atoms in total. The Labute approximate surface area is 270 Å². The summed E-state index contributed by atoms with van der Waals surface area (Å²) in [7, 11) is 0. The highest BCUT2D eigenvalue weighted by Gasteiger charge is 2.49. The standard InChI is InChI=1S/C29H21Cl4N3O4S2/c1-2-11-40-19-8-4-15(5-9-19)25(37)23-24(20-10-7-18(31)13-22(20)33)36(27(39)26(23)38)28-34-35-29(42-28)41-14-16-3-6-17(30)12-21(16)32/h3-10,12-13,24,37H,2,11,14H2,1H3/b25-23-. The van der Waals surface area contributed by atoms with E-state index in [0.717, 1.165) is 23.3 Å². The monoisotopic (exact) mass is 679 g/mol. The summed E-state index contributed by atoms with van der Waals surface area (Å²) in [5.41, 5.74) is 1.44. The summed E-state index contributed by atoms with van der Waals surface area (Å²) < 4.78 is 6.17. The van der Waals surface area contributed by atoms with Crippen molar-refractivity contribution in [1.29, 1.82) is 0 Å². The number of hydrogen-bond acceptors (Lipinski definition) is 8. The van der Waals surface area contributed by atoms with Gasteiger partial charge in [-0.1, -0.05) is 88.6 Å². The van der Waals surface area contributed by atoms with Crippen molar-refractivity contribution in [2.45, 2.75) is 29.5 Å². The number of nitrogens with zero attached hydrogens (tertiary/aromatic N) is 3. The smallest absolute Gasteiger partial charge is 0.301 e. The van der Waals surface area contributed by atoms with Gasteiger partial charge in [0.2, 0.25) is 5.13 Å². The van der Waals surface area contributed by atoms with E-state index in [0.29, 0.717) is 48.6 Å². The maximum atomic E-state index is 13.5.